The summed E-state index contributed by atoms with van der Waals surface area (Å²) in [6.07, 6.45) is -4.04. The fourth-order valence-corrected chi connectivity index (χ4v) is 2.80. The molecule has 1 amide bonds. The Morgan fingerprint density at radius 3 is 2.60 bits per heavy atom. The molecular weight excluding hydrogens is 339 g/mol. The molecule has 25 heavy (non-hydrogen) atoms. The molecule has 1 aromatic carbocycles. The summed E-state index contributed by atoms with van der Waals surface area (Å²) in [7, 11) is 0. The van der Waals surface area contributed by atoms with Crippen LogP contribution in [0.5, 0.6) is 0 Å². The predicted molar refractivity (Wildman–Crippen MR) is 81.0 cm³/mol. The summed E-state index contributed by atoms with van der Waals surface area (Å²) >= 11 is 0. The van der Waals surface area contributed by atoms with Gasteiger partial charge >= 0.3 is 11.9 Å². The molecule has 1 saturated heterocycles. The number of alkyl halides is 3. The molecule has 1 aliphatic heterocycles. The second-order valence-corrected chi connectivity index (χ2v) is 5.89. The normalized spacial score (nSPS) is 18.4. The zero-order chi connectivity index (χ0) is 18.0. The fraction of sp³-hybridized carbons (Fsp3) is 0.467. The van der Waals surface area contributed by atoms with Crippen LogP contribution in [0.1, 0.15) is 12.8 Å². The van der Waals surface area contributed by atoms with E-state index in [4.69, 9.17) is 0 Å². The molecule has 0 saturated carbocycles. The molecule has 1 unspecified atom stereocenters. The fourth-order valence-electron chi connectivity index (χ4n) is 2.80. The third-order valence-corrected chi connectivity index (χ3v) is 4.16. The quantitative estimate of drug-likeness (QED) is 0.830. The van der Waals surface area contributed by atoms with Crippen molar-refractivity contribution in [2.75, 3.05) is 13.1 Å². The molecule has 0 N–H and O–H groups in total. The Labute approximate surface area is 140 Å². The summed E-state index contributed by atoms with van der Waals surface area (Å²) in [5.74, 6) is -2.10. The first-order valence-corrected chi connectivity index (χ1v) is 7.79. The van der Waals surface area contributed by atoms with Gasteiger partial charge in [0.15, 0.2) is 0 Å². The van der Waals surface area contributed by atoms with Gasteiger partial charge in [-0.05, 0) is 35.4 Å². The van der Waals surface area contributed by atoms with Crippen molar-refractivity contribution < 1.29 is 18.0 Å². The number of halogens is 3. The van der Waals surface area contributed by atoms with Crippen LogP contribution in [0.15, 0.2) is 35.1 Å². The molecule has 2 heterocycles. The zero-order valence-corrected chi connectivity index (χ0v) is 13.2. The SMILES string of the molecule is O=C(Cn1nnn(-c2ccccc2)c1=O)N1CCCC(C(F)(F)F)C1. The summed E-state index contributed by atoms with van der Waals surface area (Å²) in [5, 5.41) is 7.35. The first kappa shape index (κ1) is 17.2. The number of rotatable bonds is 3. The molecule has 3 rings (SSSR count). The number of carbonyl (C=O) groups excluding carboxylic acids is 1. The number of hydrogen-bond donors (Lipinski definition) is 0. The van der Waals surface area contributed by atoms with E-state index in [0.29, 0.717) is 5.69 Å². The zero-order valence-electron chi connectivity index (χ0n) is 13.2. The van der Waals surface area contributed by atoms with Gasteiger partial charge < -0.3 is 4.90 Å². The number of likely N-dealkylation sites (tertiary alicyclic amines) is 1. The van der Waals surface area contributed by atoms with Crippen LogP contribution in [0.25, 0.3) is 5.69 Å². The number of nitrogens with zero attached hydrogens (tertiary/aromatic N) is 5. The minimum atomic E-state index is -4.33. The van der Waals surface area contributed by atoms with Crippen molar-refractivity contribution in [3.63, 3.8) is 0 Å². The lowest BCUT2D eigenvalue weighted by Crippen LogP contribution is -2.46. The molecule has 0 spiro atoms. The molecule has 1 atom stereocenters. The number of amides is 1. The number of hydrogen-bond acceptors (Lipinski definition) is 4. The van der Waals surface area contributed by atoms with E-state index < -0.39 is 30.2 Å². The molecule has 1 fully saturated rings. The van der Waals surface area contributed by atoms with Gasteiger partial charge in [0.25, 0.3) is 0 Å². The highest BCUT2D eigenvalue weighted by Gasteiger charge is 2.42. The number of aromatic nitrogens is 4. The van der Waals surface area contributed by atoms with Gasteiger partial charge in [0.05, 0.1) is 11.6 Å². The van der Waals surface area contributed by atoms with E-state index >= 15 is 0 Å². The van der Waals surface area contributed by atoms with Gasteiger partial charge in [0.2, 0.25) is 5.91 Å². The van der Waals surface area contributed by atoms with Crippen LogP contribution in [0.2, 0.25) is 0 Å². The number of benzene rings is 1. The lowest BCUT2D eigenvalue weighted by Gasteiger charge is -2.33. The van der Waals surface area contributed by atoms with Crippen LogP contribution in [0, 0.1) is 5.92 Å². The molecule has 0 bridgehead atoms. The number of piperidine rings is 1. The van der Waals surface area contributed by atoms with Gasteiger partial charge in [-0.15, -0.1) is 0 Å². The number of para-hydroxylation sites is 1. The van der Waals surface area contributed by atoms with Crippen molar-refractivity contribution in [3.8, 4) is 5.69 Å². The Morgan fingerprint density at radius 2 is 1.92 bits per heavy atom. The van der Waals surface area contributed by atoms with Gasteiger partial charge in [-0.25, -0.2) is 4.79 Å². The standard InChI is InChI=1S/C15H16F3N5O2/c16-15(17,18)11-5-4-8-21(9-11)13(24)10-22-14(25)23(20-19-22)12-6-2-1-3-7-12/h1-3,6-7,11H,4-5,8-10H2. The number of carbonyl (C=O) groups is 1. The van der Waals surface area contributed by atoms with E-state index in [1.807, 2.05) is 0 Å². The van der Waals surface area contributed by atoms with Gasteiger partial charge in [-0.3, -0.25) is 4.79 Å². The minimum absolute atomic E-state index is 0.0113. The maximum atomic E-state index is 12.8. The van der Waals surface area contributed by atoms with Crippen LogP contribution in [-0.4, -0.2) is 49.9 Å². The van der Waals surface area contributed by atoms with Gasteiger partial charge in [0, 0.05) is 13.1 Å². The average molecular weight is 355 g/mol. The molecule has 0 aliphatic carbocycles. The van der Waals surface area contributed by atoms with Crippen LogP contribution in [0.4, 0.5) is 13.2 Å². The van der Waals surface area contributed by atoms with E-state index in [2.05, 4.69) is 10.4 Å². The summed E-state index contributed by atoms with van der Waals surface area (Å²) in [5.41, 5.74) is -0.134. The molecule has 7 nitrogen and oxygen atoms in total. The lowest BCUT2D eigenvalue weighted by atomic mass is 9.97. The summed E-state index contributed by atoms with van der Waals surface area (Å²) in [4.78, 5) is 25.7. The second-order valence-electron chi connectivity index (χ2n) is 5.89. The Balaban J connectivity index is 1.72. The lowest BCUT2D eigenvalue weighted by molar-refractivity contribution is -0.188. The van der Waals surface area contributed by atoms with Gasteiger partial charge in [0.1, 0.15) is 6.54 Å². The van der Waals surface area contributed by atoms with E-state index in [9.17, 15) is 22.8 Å². The monoisotopic (exact) mass is 355 g/mol. The van der Waals surface area contributed by atoms with Crippen molar-refractivity contribution >= 4 is 5.91 Å². The molecular formula is C15H16F3N5O2. The van der Waals surface area contributed by atoms with Crippen LogP contribution >= 0.6 is 0 Å². The van der Waals surface area contributed by atoms with Crippen molar-refractivity contribution in [2.24, 2.45) is 5.92 Å². The maximum absolute atomic E-state index is 12.8. The first-order valence-electron chi connectivity index (χ1n) is 7.79. The smallest absolute Gasteiger partial charge is 0.340 e. The molecule has 1 aromatic heterocycles. The third-order valence-electron chi connectivity index (χ3n) is 4.16. The molecule has 1 aliphatic rings. The van der Waals surface area contributed by atoms with Crippen molar-refractivity contribution in [1.29, 1.82) is 0 Å². The summed E-state index contributed by atoms with van der Waals surface area (Å²) in [6.45, 7) is -0.576. The molecule has 10 heteroatoms. The highest BCUT2D eigenvalue weighted by Crippen LogP contribution is 2.33. The van der Waals surface area contributed by atoms with Gasteiger partial charge in [-0.1, -0.05) is 18.2 Å². The van der Waals surface area contributed by atoms with Gasteiger partial charge in [-0.2, -0.15) is 22.5 Å². The van der Waals surface area contributed by atoms with E-state index in [1.54, 1.807) is 30.3 Å². The largest absolute Gasteiger partial charge is 0.393 e. The molecule has 134 valence electrons. The Hall–Kier alpha value is -2.65. The van der Waals surface area contributed by atoms with Crippen molar-refractivity contribution in [1.82, 2.24) is 24.7 Å². The third kappa shape index (κ3) is 3.72. The maximum Gasteiger partial charge on any atom is 0.393 e. The Kier molecular flexibility index (Phi) is 4.60. The summed E-state index contributed by atoms with van der Waals surface area (Å²) in [6, 6.07) is 8.52. The van der Waals surface area contributed by atoms with Crippen molar-refractivity contribution in [2.45, 2.75) is 25.6 Å². The molecule has 2 aromatic rings. The van der Waals surface area contributed by atoms with Crippen molar-refractivity contribution in [3.05, 3.63) is 40.8 Å². The van der Waals surface area contributed by atoms with Crippen LogP contribution < -0.4 is 5.69 Å². The second kappa shape index (κ2) is 6.69. The average Bonchev–Trinajstić information content (AvgIpc) is 2.96. The molecule has 0 radical (unpaired) electrons. The van der Waals surface area contributed by atoms with E-state index in [-0.39, 0.29) is 25.9 Å². The van der Waals surface area contributed by atoms with E-state index in [0.717, 1.165) is 14.3 Å². The Morgan fingerprint density at radius 1 is 1.20 bits per heavy atom. The Bertz CT molecular complexity index is 799. The summed E-state index contributed by atoms with van der Waals surface area (Å²) < 4.78 is 40.4. The predicted octanol–water partition coefficient (Wildman–Crippen LogP) is 1.23. The highest BCUT2D eigenvalue weighted by atomic mass is 19.4. The van der Waals surface area contributed by atoms with Crippen LogP contribution in [-0.2, 0) is 11.3 Å². The highest BCUT2D eigenvalue weighted by molar-refractivity contribution is 5.76. The van der Waals surface area contributed by atoms with Crippen LogP contribution in [0.3, 0.4) is 0 Å². The number of tetrazole rings is 1. The first-order chi connectivity index (χ1) is 11.9. The minimum Gasteiger partial charge on any atom is -0.340 e. The topological polar surface area (TPSA) is 73.0 Å². The van der Waals surface area contributed by atoms with E-state index in [1.165, 1.54) is 0 Å².